The van der Waals surface area contributed by atoms with Crippen LogP contribution in [0.15, 0.2) is 11.6 Å². The Balaban J connectivity index is 2.88. The molecule has 0 unspecified atom stereocenters. The number of sulfonamides is 1. The van der Waals surface area contributed by atoms with Gasteiger partial charge in [0.1, 0.15) is 0 Å². The average Bonchev–Trinajstić information content (AvgIpc) is 2.63. The molecule has 0 aromatic carbocycles. The second-order valence-electron chi connectivity index (χ2n) is 4.22. The third-order valence-corrected chi connectivity index (χ3v) is 4.89. The molecule has 17 heavy (non-hydrogen) atoms. The molecule has 0 bridgehead atoms. The maximum absolute atomic E-state index is 12.0. The molecule has 5 nitrogen and oxygen atoms in total. The van der Waals surface area contributed by atoms with Crippen molar-refractivity contribution in [3.8, 4) is 0 Å². The van der Waals surface area contributed by atoms with Crippen LogP contribution in [0.5, 0.6) is 0 Å². The Bertz CT molecular complexity index is 402. The number of amides is 1. The van der Waals surface area contributed by atoms with Crippen molar-refractivity contribution in [3.63, 3.8) is 0 Å². The van der Waals surface area contributed by atoms with E-state index in [0.717, 1.165) is 25.7 Å². The molecule has 0 spiro atoms. The summed E-state index contributed by atoms with van der Waals surface area (Å²) in [5, 5.41) is 0.0393. The molecule has 1 aliphatic carbocycles. The van der Waals surface area contributed by atoms with Gasteiger partial charge in [0.25, 0.3) is 0 Å². The Kier molecular flexibility index (Phi) is 4.97. The Morgan fingerprint density at radius 3 is 2.35 bits per heavy atom. The second-order valence-corrected chi connectivity index (χ2v) is 6.68. The molecule has 1 saturated carbocycles. The highest BCUT2D eigenvalue weighted by Gasteiger charge is 2.33. The van der Waals surface area contributed by atoms with E-state index < -0.39 is 15.9 Å². The Hall–Kier alpha value is -0.590. The molecular formula is C10H17ClN2O3S. The van der Waals surface area contributed by atoms with Gasteiger partial charge < -0.3 is 5.73 Å². The van der Waals surface area contributed by atoms with Gasteiger partial charge in [-0.25, -0.2) is 8.42 Å². The highest BCUT2D eigenvalue weighted by Crippen LogP contribution is 2.26. The summed E-state index contributed by atoms with van der Waals surface area (Å²) in [5.41, 5.74) is 5.09. The van der Waals surface area contributed by atoms with Crippen molar-refractivity contribution in [1.82, 2.24) is 4.31 Å². The first-order valence-corrected chi connectivity index (χ1v) is 7.43. The summed E-state index contributed by atoms with van der Waals surface area (Å²) in [5.74, 6) is -1.00. The van der Waals surface area contributed by atoms with E-state index in [0.29, 0.717) is 0 Å². The number of hydrogen-bond donors (Lipinski definition) is 1. The van der Waals surface area contributed by atoms with Crippen LogP contribution in [0.1, 0.15) is 25.7 Å². The van der Waals surface area contributed by atoms with E-state index in [1.54, 1.807) is 0 Å². The van der Waals surface area contributed by atoms with Gasteiger partial charge >= 0.3 is 0 Å². The molecule has 1 aliphatic rings. The van der Waals surface area contributed by atoms with Crippen LogP contribution >= 0.6 is 11.6 Å². The first kappa shape index (κ1) is 14.5. The standard InChI is InChI=1S/C10H17ClN2O3S/c1-8(11)7-17(15,16)13(6-10(12)14)9-4-2-3-5-9/h9H,1-7H2,(H2,12,14). The molecule has 1 amide bonds. The van der Waals surface area contributed by atoms with Crippen LogP contribution in [-0.4, -0.2) is 37.0 Å². The van der Waals surface area contributed by atoms with E-state index in [-0.39, 0.29) is 23.4 Å². The minimum absolute atomic E-state index is 0.0393. The smallest absolute Gasteiger partial charge is 0.232 e. The Morgan fingerprint density at radius 1 is 1.41 bits per heavy atom. The largest absolute Gasteiger partial charge is 0.369 e. The third-order valence-electron chi connectivity index (χ3n) is 2.74. The number of carbonyl (C=O) groups is 1. The van der Waals surface area contributed by atoms with Crippen LogP contribution in [0, 0.1) is 0 Å². The van der Waals surface area contributed by atoms with Gasteiger partial charge in [0, 0.05) is 11.1 Å². The Labute approximate surface area is 107 Å². The summed E-state index contributed by atoms with van der Waals surface area (Å²) in [4.78, 5) is 11.0. The van der Waals surface area contributed by atoms with Crippen molar-refractivity contribution in [2.75, 3.05) is 12.3 Å². The van der Waals surface area contributed by atoms with Crippen molar-refractivity contribution in [3.05, 3.63) is 11.6 Å². The van der Waals surface area contributed by atoms with Crippen LogP contribution in [0.25, 0.3) is 0 Å². The van der Waals surface area contributed by atoms with Crippen molar-refractivity contribution < 1.29 is 13.2 Å². The number of carbonyl (C=O) groups excluding carboxylic acids is 1. The van der Waals surface area contributed by atoms with Crippen molar-refractivity contribution in [2.45, 2.75) is 31.7 Å². The first-order valence-electron chi connectivity index (χ1n) is 5.44. The average molecular weight is 281 g/mol. The minimum Gasteiger partial charge on any atom is -0.369 e. The summed E-state index contributed by atoms with van der Waals surface area (Å²) >= 11 is 5.53. The van der Waals surface area contributed by atoms with Crippen molar-refractivity contribution >= 4 is 27.5 Å². The van der Waals surface area contributed by atoms with Crippen LogP contribution in [-0.2, 0) is 14.8 Å². The Morgan fingerprint density at radius 2 is 1.94 bits per heavy atom. The predicted octanol–water partition coefficient (Wildman–Crippen LogP) is 0.799. The molecule has 0 saturated heterocycles. The lowest BCUT2D eigenvalue weighted by molar-refractivity contribution is -0.118. The minimum atomic E-state index is -3.60. The zero-order chi connectivity index (χ0) is 13.1. The van der Waals surface area contributed by atoms with E-state index in [1.807, 2.05) is 0 Å². The van der Waals surface area contributed by atoms with Gasteiger partial charge in [0.05, 0.1) is 12.3 Å². The molecule has 2 N–H and O–H groups in total. The molecule has 0 aromatic rings. The number of nitrogens with two attached hydrogens (primary N) is 1. The maximum Gasteiger partial charge on any atom is 0.232 e. The second kappa shape index (κ2) is 5.84. The van der Waals surface area contributed by atoms with Crippen LogP contribution in [0.4, 0.5) is 0 Å². The quantitative estimate of drug-likeness (QED) is 0.781. The molecule has 0 aliphatic heterocycles. The molecule has 1 fully saturated rings. The van der Waals surface area contributed by atoms with Crippen LogP contribution in [0.3, 0.4) is 0 Å². The number of halogens is 1. The lowest BCUT2D eigenvalue weighted by Gasteiger charge is -2.26. The highest BCUT2D eigenvalue weighted by molar-refractivity contribution is 7.89. The first-order chi connectivity index (χ1) is 7.83. The summed E-state index contributed by atoms with van der Waals surface area (Å²) in [6.45, 7) is 3.09. The fourth-order valence-corrected chi connectivity index (χ4v) is 4.05. The van der Waals surface area contributed by atoms with E-state index in [2.05, 4.69) is 6.58 Å². The molecule has 0 heterocycles. The molecule has 0 aromatic heterocycles. The van der Waals surface area contributed by atoms with Crippen LogP contribution < -0.4 is 5.73 Å². The number of hydrogen-bond acceptors (Lipinski definition) is 3. The highest BCUT2D eigenvalue weighted by atomic mass is 35.5. The topological polar surface area (TPSA) is 80.5 Å². The van der Waals surface area contributed by atoms with Gasteiger partial charge in [-0.2, -0.15) is 4.31 Å². The van der Waals surface area contributed by atoms with E-state index >= 15 is 0 Å². The number of rotatable bonds is 6. The van der Waals surface area contributed by atoms with E-state index in [9.17, 15) is 13.2 Å². The van der Waals surface area contributed by atoms with Gasteiger partial charge in [-0.3, -0.25) is 4.79 Å². The van der Waals surface area contributed by atoms with Gasteiger partial charge in [0.2, 0.25) is 15.9 Å². The molecule has 1 rings (SSSR count). The number of nitrogens with zero attached hydrogens (tertiary/aromatic N) is 1. The van der Waals surface area contributed by atoms with Crippen molar-refractivity contribution in [2.24, 2.45) is 5.73 Å². The molecular weight excluding hydrogens is 264 g/mol. The van der Waals surface area contributed by atoms with Crippen molar-refractivity contribution in [1.29, 1.82) is 0 Å². The summed E-state index contributed by atoms with van der Waals surface area (Å²) in [6, 6.07) is -0.136. The molecule has 0 atom stereocenters. The zero-order valence-corrected chi connectivity index (χ0v) is 11.1. The normalized spacial score (nSPS) is 17.5. The predicted molar refractivity (Wildman–Crippen MR) is 66.9 cm³/mol. The van der Waals surface area contributed by atoms with Gasteiger partial charge in [-0.15, -0.1) is 0 Å². The van der Waals surface area contributed by atoms with E-state index in [1.165, 1.54) is 4.31 Å². The van der Waals surface area contributed by atoms with E-state index in [4.69, 9.17) is 17.3 Å². The summed E-state index contributed by atoms with van der Waals surface area (Å²) < 4.78 is 25.2. The lowest BCUT2D eigenvalue weighted by atomic mass is 10.2. The van der Waals surface area contributed by atoms with Crippen LogP contribution in [0.2, 0.25) is 0 Å². The molecule has 7 heteroatoms. The summed E-state index contributed by atoms with van der Waals surface area (Å²) in [7, 11) is -3.60. The SMILES string of the molecule is C=C(Cl)CS(=O)(=O)N(CC(N)=O)C1CCCC1. The fraction of sp³-hybridized carbons (Fsp3) is 0.700. The number of primary amides is 1. The monoisotopic (exact) mass is 280 g/mol. The molecule has 0 radical (unpaired) electrons. The van der Waals surface area contributed by atoms with Gasteiger partial charge in [-0.05, 0) is 12.8 Å². The zero-order valence-electron chi connectivity index (χ0n) is 9.56. The maximum atomic E-state index is 12.0. The fourth-order valence-electron chi connectivity index (χ4n) is 2.08. The lowest BCUT2D eigenvalue weighted by Crippen LogP contribution is -2.45. The van der Waals surface area contributed by atoms with Gasteiger partial charge in [-0.1, -0.05) is 31.0 Å². The summed E-state index contributed by atoms with van der Waals surface area (Å²) in [6.07, 6.45) is 3.47. The molecule has 98 valence electrons. The van der Waals surface area contributed by atoms with Gasteiger partial charge in [0.15, 0.2) is 0 Å². The third kappa shape index (κ3) is 4.29.